The molecule has 0 radical (unpaired) electrons. The van der Waals surface area contributed by atoms with Gasteiger partial charge in [-0.25, -0.2) is 13.1 Å². The fourth-order valence-electron chi connectivity index (χ4n) is 0.625. The zero-order valence-corrected chi connectivity index (χ0v) is 9.34. The van der Waals surface area contributed by atoms with E-state index in [1.165, 1.54) is 12.1 Å². The van der Waals surface area contributed by atoms with E-state index in [0.29, 0.717) is 9.15 Å². The number of rotatable bonds is 2. The topological polar surface area (TPSA) is 52.1 Å². The summed E-state index contributed by atoms with van der Waals surface area (Å²) < 4.78 is 58.0. The smallest absolute Gasteiger partial charge is 0.315 e. The Balaban J connectivity index is 2.93. The van der Waals surface area contributed by atoms with Crippen molar-refractivity contribution in [3.63, 3.8) is 0 Å². The van der Waals surface area contributed by atoms with Gasteiger partial charge in [0.05, 0.1) is 0 Å². The van der Waals surface area contributed by atoms with E-state index >= 15 is 0 Å². The minimum atomic E-state index is -5.49. The Bertz CT molecular complexity index is 442. The van der Waals surface area contributed by atoms with Crippen LogP contribution in [0.2, 0.25) is 0 Å². The van der Waals surface area contributed by atoms with Crippen LogP contribution in [0.5, 0.6) is 0 Å². The molecule has 1 heterocycles. The maximum atomic E-state index is 11.9. The largest absolute Gasteiger partial charge is 0.487 e. The number of alkyl halides is 3. The molecule has 1 rings (SSSR count). The molecule has 1 aromatic rings. The Morgan fingerprint density at radius 2 is 1.73 bits per heavy atom. The summed E-state index contributed by atoms with van der Waals surface area (Å²) in [4.78, 5) is 2.55. The third kappa shape index (κ3) is 3.06. The zero-order valence-electron chi connectivity index (χ0n) is 6.94. The molecule has 0 saturated carbocycles. The highest BCUT2D eigenvalue weighted by Crippen LogP contribution is 2.26. The molecule has 15 heavy (non-hydrogen) atoms. The number of nitrogens with zero attached hydrogens (tertiary/aromatic N) is 2. The first-order valence-corrected chi connectivity index (χ1v) is 5.67. The van der Waals surface area contributed by atoms with Crippen LogP contribution in [0.15, 0.2) is 29.0 Å². The molecule has 0 aromatic carbocycles. The van der Waals surface area contributed by atoms with Crippen molar-refractivity contribution in [1.82, 2.24) is 0 Å². The third-order valence-electron chi connectivity index (χ3n) is 1.27. The van der Waals surface area contributed by atoms with Gasteiger partial charge in [-0.05, 0) is 0 Å². The summed E-state index contributed by atoms with van der Waals surface area (Å²) in [6.45, 7) is 0. The van der Waals surface area contributed by atoms with Crippen LogP contribution in [0.1, 0.15) is 0 Å². The highest BCUT2D eigenvalue weighted by atomic mass is 79.9. The normalized spacial score (nSPS) is 12.5. The van der Waals surface area contributed by atoms with Gasteiger partial charge in [-0.2, -0.15) is 13.2 Å². The van der Waals surface area contributed by atoms with Crippen molar-refractivity contribution in [3.8, 4) is 0 Å². The van der Waals surface area contributed by atoms with Crippen molar-refractivity contribution in [1.29, 1.82) is 0 Å². The lowest BCUT2D eigenvalue weighted by Gasteiger charge is -2.15. The Morgan fingerprint density at radius 3 is 2.13 bits per heavy atom. The maximum Gasteiger partial charge on any atom is 0.487 e. The van der Waals surface area contributed by atoms with Crippen LogP contribution >= 0.6 is 15.9 Å². The van der Waals surface area contributed by atoms with Gasteiger partial charge in [0.25, 0.3) is 0 Å². The molecule has 0 aliphatic rings. The summed E-state index contributed by atoms with van der Waals surface area (Å²) in [6, 6.07) is 2.71. The average Bonchev–Trinajstić information content (AvgIpc) is 2.06. The summed E-state index contributed by atoms with van der Waals surface area (Å²) in [5, 5.41) is 0. The van der Waals surface area contributed by atoms with Gasteiger partial charge in [-0.1, -0.05) is 15.9 Å². The number of pyridine rings is 1. The van der Waals surface area contributed by atoms with Gasteiger partial charge in [0.1, 0.15) is 0 Å². The van der Waals surface area contributed by atoms with E-state index in [9.17, 15) is 21.6 Å². The number of sulfonamides is 1. The van der Waals surface area contributed by atoms with Gasteiger partial charge in [-0.15, -0.1) is 0 Å². The Hall–Kier alpha value is -0.830. The van der Waals surface area contributed by atoms with Crippen LogP contribution in [-0.4, -0.2) is 13.9 Å². The summed E-state index contributed by atoms with van der Waals surface area (Å²) in [6.07, 6.45) is 2.15. The number of hydrogen-bond acceptors (Lipinski definition) is 2. The second-order valence-corrected chi connectivity index (χ2v) is 4.89. The van der Waals surface area contributed by atoms with E-state index in [2.05, 4.69) is 20.8 Å². The predicted molar refractivity (Wildman–Crippen MR) is 48.1 cm³/mol. The van der Waals surface area contributed by atoms with Gasteiger partial charge >= 0.3 is 5.51 Å². The monoisotopic (exact) mass is 304 g/mol. The molecule has 0 N–H and O–H groups in total. The van der Waals surface area contributed by atoms with E-state index in [0.717, 1.165) is 12.4 Å². The van der Waals surface area contributed by atoms with Crippen molar-refractivity contribution in [3.05, 3.63) is 33.8 Å². The van der Waals surface area contributed by atoms with E-state index in [-0.39, 0.29) is 0 Å². The Morgan fingerprint density at radius 1 is 1.27 bits per heavy atom. The van der Waals surface area contributed by atoms with E-state index < -0.39 is 15.5 Å². The second-order valence-electron chi connectivity index (χ2n) is 2.40. The lowest BCUT2D eigenvalue weighted by atomic mass is 10.5. The van der Waals surface area contributed by atoms with Crippen molar-refractivity contribution in [2.75, 3.05) is 0 Å². The fourth-order valence-corrected chi connectivity index (χ4v) is 1.31. The molecular formula is C6H4BrF3N2O2S. The summed E-state index contributed by atoms with van der Waals surface area (Å²) in [5.74, 6) is 0. The van der Waals surface area contributed by atoms with Crippen LogP contribution in [0.4, 0.5) is 13.2 Å². The third-order valence-corrected chi connectivity index (χ3v) is 2.78. The number of halogens is 4. The van der Waals surface area contributed by atoms with Crippen LogP contribution in [0.25, 0.3) is 4.83 Å². The van der Waals surface area contributed by atoms with Gasteiger partial charge in [-0.3, -0.25) is 0 Å². The molecule has 0 unspecified atom stereocenters. The molecule has 0 atom stereocenters. The lowest BCUT2D eigenvalue weighted by molar-refractivity contribution is -0.614. The molecule has 0 aliphatic heterocycles. The standard InChI is InChI=1S/C6H4BrF3N2O2S/c7-5-1-3-12(4-2-5)11-15(13,14)6(8,9)10/h1-4H. The van der Waals surface area contributed by atoms with Gasteiger partial charge in [0.2, 0.25) is 10.0 Å². The van der Waals surface area contributed by atoms with Crippen LogP contribution in [0.3, 0.4) is 0 Å². The molecule has 0 aliphatic carbocycles. The van der Waals surface area contributed by atoms with Gasteiger partial charge in [0.15, 0.2) is 12.4 Å². The fraction of sp³-hybridized carbons (Fsp3) is 0.167. The van der Waals surface area contributed by atoms with Crippen molar-refractivity contribution < 1.29 is 26.3 Å². The molecule has 0 amide bonds. The quantitative estimate of drug-likeness (QED) is 0.781. The summed E-state index contributed by atoms with van der Waals surface area (Å²) in [7, 11) is -5.49. The zero-order chi connectivity index (χ0) is 11.7. The molecular weight excluding hydrogens is 301 g/mol. The maximum absolute atomic E-state index is 11.9. The highest BCUT2D eigenvalue weighted by molar-refractivity contribution is 9.10. The summed E-state index contributed by atoms with van der Waals surface area (Å²) in [5.41, 5.74) is -5.38. The first kappa shape index (κ1) is 12.2. The average molecular weight is 305 g/mol. The molecule has 1 aromatic heterocycles. The SMILES string of the molecule is O=S(=O)([N-][n+]1ccc(Br)cc1)C(F)(F)F. The summed E-state index contributed by atoms with van der Waals surface area (Å²) >= 11 is 3.04. The minimum absolute atomic E-state index is 0.563. The van der Waals surface area contributed by atoms with Crippen LogP contribution in [-0.2, 0) is 10.0 Å². The van der Waals surface area contributed by atoms with Crippen LogP contribution < -0.4 is 4.68 Å². The molecule has 0 saturated heterocycles. The first-order valence-electron chi connectivity index (χ1n) is 3.44. The molecule has 84 valence electrons. The van der Waals surface area contributed by atoms with E-state index in [1.54, 1.807) is 0 Å². The van der Waals surface area contributed by atoms with Crippen LogP contribution in [0, 0.1) is 0 Å². The second kappa shape index (κ2) is 3.97. The minimum Gasteiger partial charge on any atom is -0.315 e. The highest BCUT2D eigenvalue weighted by Gasteiger charge is 2.41. The van der Waals surface area contributed by atoms with Crippen molar-refractivity contribution in [2.45, 2.75) is 5.51 Å². The molecule has 0 spiro atoms. The Kier molecular flexibility index (Phi) is 3.24. The molecule has 0 bridgehead atoms. The number of aromatic nitrogens is 1. The van der Waals surface area contributed by atoms with Gasteiger partial charge in [0, 0.05) is 16.6 Å². The lowest BCUT2D eigenvalue weighted by Crippen LogP contribution is -2.36. The molecule has 4 nitrogen and oxygen atoms in total. The van der Waals surface area contributed by atoms with Crippen molar-refractivity contribution in [2.24, 2.45) is 0 Å². The number of hydrogen-bond donors (Lipinski definition) is 0. The van der Waals surface area contributed by atoms with E-state index in [1.807, 2.05) is 0 Å². The molecule has 0 fully saturated rings. The van der Waals surface area contributed by atoms with E-state index in [4.69, 9.17) is 0 Å². The van der Waals surface area contributed by atoms with Gasteiger partial charge < -0.3 is 4.83 Å². The van der Waals surface area contributed by atoms with Crippen molar-refractivity contribution >= 4 is 26.0 Å². The first-order chi connectivity index (χ1) is 6.72. The molecule has 9 heteroatoms. The Labute approximate surface area is 91.9 Å². The predicted octanol–water partition coefficient (Wildman–Crippen LogP) is 1.72.